The molecule has 1 aromatic rings. The lowest BCUT2D eigenvalue weighted by atomic mass is 10.1. The first-order chi connectivity index (χ1) is 9.36. The summed E-state index contributed by atoms with van der Waals surface area (Å²) in [6.45, 7) is 1.94. The molecular formula is C13H16Cl2N2O3. The van der Waals surface area contributed by atoms with Crippen LogP contribution in [0.25, 0.3) is 0 Å². The van der Waals surface area contributed by atoms with E-state index in [-0.39, 0.29) is 21.3 Å². The minimum absolute atomic E-state index is 0.156. The summed E-state index contributed by atoms with van der Waals surface area (Å²) < 4.78 is 0. The third-order valence-electron chi connectivity index (χ3n) is 2.79. The van der Waals surface area contributed by atoms with Crippen LogP contribution in [-0.2, 0) is 4.79 Å². The van der Waals surface area contributed by atoms with Crippen molar-refractivity contribution in [2.75, 3.05) is 5.73 Å². The molecule has 4 N–H and O–H groups in total. The van der Waals surface area contributed by atoms with Crippen molar-refractivity contribution in [3.8, 4) is 0 Å². The number of aliphatic carboxylic acids is 1. The number of benzene rings is 1. The fraction of sp³-hybridized carbons (Fsp3) is 0.385. The summed E-state index contributed by atoms with van der Waals surface area (Å²) in [7, 11) is 0. The molecular weight excluding hydrogens is 303 g/mol. The summed E-state index contributed by atoms with van der Waals surface area (Å²) in [5.74, 6) is -1.61. The van der Waals surface area contributed by atoms with E-state index in [9.17, 15) is 9.59 Å². The fourth-order valence-corrected chi connectivity index (χ4v) is 2.11. The van der Waals surface area contributed by atoms with E-state index >= 15 is 0 Å². The van der Waals surface area contributed by atoms with Crippen molar-refractivity contribution >= 4 is 40.8 Å². The standard InChI is InChI=1S/C13H16Cl2N2O3/c1-2-3-4-10(13(19)20)17-12(18)7-5-8(14)11(16)9(15)6-7/h5-6,10H,2-4,16H2,1H3,(H,17,18)(H,19,20). The molecule has 0 aliphatic rings. The number of nitrogens with two attached hydrogens (primary N) is 1. The van der Waals surface area contributed by atoms with Crippen LogP contribution in [0.2, 0.25) is 10.0 Å². The van der Waals surface area contributed by atoms with Crippen molar-refractivity contribution in [2.24, 2.45) is 0 Å². The third kappa shape index (κ3) is 4.28. The van der Waals surface area contributed by atoms with Crippen LogP contribution in [0.1, 0.15) is 36.5 Å². The van der Waals surface area contributed by atoms with Crippen LogP contribution in [0, 0.1) is 0 Å². The fourth-order valence-electron chi connectivity index (χ4n) is 1.62. The average molecular weight is 319 g/mol. The van der Waals surface area contributed by atoms with Crippen LogP contribution < -0.4 is 11.1 Å². The molecule has 1 amide bonds. The number of carbonyl (C=O) groups excluding carboxylic acids is 1. The van der Waals surface area contributed by atoms with E-state index in [1.54, 1.807) is 0 Å². The van der Waals surface area contributed by atoms with Crippen LogP contribution in [0.4, 0.5) is 5.69 Å². The van der Waals surface area contributed by atoms with Crippen LogP contribution >= 0.6 is 23.2 Å². The molecule has 0 spiro atoms. The molecule has 0 saturated heterocycles. The van der Waals surface area contributed by atoms with Crippen LogP contribution in [0.15, 0.2) is 12.1 Å². The van der Waals surface area contributed by atoms with Crippen molar-refractivity contribution in [1.29, 1.82) is 0 Å². The number of amides is 1. The number of carboxylic acid groups (broad SMARTS) is 1. The smallest absolute Gasteiger partial charge is 0.326 e. The number of hydrogen-bond donors (Lipinski definition) is 3. The van der Waals surface area contributed by atoms with Crippen molar-refractivity contribution < 1.29 is 14.7 Å². The van der Waals surface area contributed by atoms with E-state index in [2.05, 4.69) is 5.32 Å². The van der Waals surface area contributed by atoms with Gasteiger partial charge in [0.1, 0.15) is 6.04 Å². The van der Waals surface area contributed by atoms with Crippen LogP contribution in [0.5, 0.6) is 0 Å². The molecule has 0 fully saturated rings. The minimum atomic E-state index is -1.07. The quantitative estimate of drug-likeness (QED) is 0.703. The van der Waals surface area contributed by atoms with E-state index in [0.717, 1.165) is 6.42 Å². The van der Waals surface area contributed by atoms with Crippen molar-refractivity contribution in [2.45, 2.75) is 32.2 Å². The summed E-state index contributed by atoms with van der Waals surface area (Å²) in [5, 5.41) is 11.8. The van der Waals surface area contributed by atoms with Crippen molar-refractivity contribution in [1.82, 2.24) is 5.32 Å². The largest absolute Gasteiger partial charge is 0.480 e. The Morgan fingerprint density at radius 3 is 2.35 bits per heavy atom. The molecule has 7 heteroatoms. The Morgan fingerprint density at radius 2 is 1.90 bits per heavy atom. The number of unbranched alkanes of at least 4 members (excludes halogenated alkanes) is 1. The second kappa shape index (κ2) is 7.36. The van der Waals surface area contributed by atoms with Gasteiger partial charge in [-0.15, -0.1) is 0 Å². The monoisotopic (exact) mass is 318 g/mol. The molecule has 1 unspecified atom stereocenters. The van der Waals surface area contributed by atoms with Gasteiger partial charge in [0.05, 0.1) is 15.7 Å². The Morgan fingerprint density at radius 1 is 1.35 bits per heavy atom. The second-order valence-electron chi connectivity index (χ2n) is 4.36. The second-order valence-corrected chi connectivity index (χ2v) is 5.17. The van der Waals surface area contributed by atoms with Gasteiger partial charge in [-0.2, -0.15) is 0 Å². The predicted molar refractivity (Wildman–Crippen MR) is 79.3 cm³/mol. The highest BCUT2D eigenvalue weighted by Gasteiger charge is 2.20. The maximum absolute atomic E-state index is 12.0. The van der Waals surface area contributed by atoms with Crippen LogP contribution in [-0.4, -0.2) is 23.0 Å². The van der Waals surface area contributed by atoms with Gasteiger partial charge in [0.15, 0.2) is 0 Å². The Balaban J connectivity index is 2.86. The topological polar surface area (TPSA) is 92.4 Å². The maximum atomic E-state index is 12.0. The number of rotatable bonds is 6. The van der Waals surface area contributed by atoms with E-state index in [4.69, 9.17) is 34.0 Å². The van der Waals surface area contributed by atoms with Crippen molar-refractivity contribution in [3.05, 3.63) is 27.7 Å². The lowest BCUT2D eigenvalue weighted by Gasteiger charge is -2.14. The van der Waals surface area contributed by atoms with Gasteiger partial charge in [0, 0.05) is 5.56 Å². The first-order valence-electron chi connectivity index (χ1n) is 6.15. The highest BCUT2D eigenvalue weighted by molar-refractivity contribution is 6.39. The molecule has 0 aromatic heterocycles. The number of nitrogen functional groups attached to an aromatic ring is 1. The molecule has 1 atom stereocenters. The van der Waals surface area contributed by atoms with Gasteiger partial charge < -0.3 is 16.2 Å². The lowest BCUT2D eigenvalue weighted by molar-refractivity contribution is -0.139. The molecule has 0 aliphatic carbocycles. The molecule has 0 saturated carbocycles. The SMILES string of the molecule is CCCCC(NC(=O)c1cc(Cl)c(N)c(Cl)c1)C(=O)O. The summed E-state index contributed by atoms with van der Waals surface area (Å²) in [4.78, 5) is 23.1. The maximum Gasteiger partial charge on any atom is 0.326 e. The minimum Gasteiger partial charge on any atom is -0.480 e. The van der Waals surface area contributed by atoms with E-state index < -0.39 is 17.9 Å². The molecule has 0 aliphatic heterocycles. The highest BCUT2D eigenvalue weighted by atomic mass is 35.5. The Labute approximate surface area is 127 Å². The molecule has 0 heterocycles. The summed E-state index contributed by atoms with van der Waals surface area (Å²) in [5.41, 5.74) is 5.94. The molecule has 20 heavy (non-hydrogen) atoms. The van der Waals surface area contributed by atoms with E-state index in [1.165, 1.54) is 12.1 Å². The molecule has 1 rings (SSSR count). The predicted octanol–water partition coefficient (Wildman–Crippen LogP) is 2.95. The van der Waals surface area contributed by atoms with E-state index in [0.29, 0.717) is 12.8 Å². The summed E-state index contributed by atoms with van der Waals surface area (Å²) in [6.07, 6.45) is 1.92. The number of anilines is 1. The first kappa shape index (κ1) is 16.6. The molecule has 1 aromatic carbocycles. The number of carboxylic acids is 1. The van der Waals surface area contributed by atoms with Crippen molar-refractivity contribution in [3.63, 3.8) is 0 Å². The van der Waals surface area contributed by atoms with E-state index in [1.807, 2.05) is 6.92 Å². The van der Waals surface area contributed by atoms with Gasteiger partial charge in [-0.1, -0.05) is 43.0 Å². The average Bonchev–Trinajstić information content (AvgIpc) is 2.39. The van der Waals surface area contributed by atoms with Gasteiger partial charge in [0.25, 0.3) is 5.91 Å². The zero-order valence-electron chi connectivity index (χ0n) is 11.0. The number of halogens is 2. The Bertz CT molecular complexity index is 497. The Kier molecular flexibility index (Phi) is 6.10. The molecule has 0 bridgehead atoms. The van der Waals surface area contributed by atoms with Gasteiger partial charge in [-0.05, 0) is 18.6 Å². The van der Waals surface area contributed by atoms with Gasteiger partial charge in [0.2, 0.25) is 0 Å². The summed E-state index contributed by atoms with van der Waals surface area (Å²) >= 11 is 11.7. The number of carbonyl (C=O) groups is 2. The van der Waals surface area contributed by atoms with Gasteiger partial charge in [-0.3, -0.25) is 4.79 Å². The number of hydrogen-bond acceptors (Lipinski definition) is 3. The zero-order chi connectivity index (χ0) is 15.3. The number of nitrogens with one attached hydrogen (secondary N) is 1. The molecule has 0 radical (unpaired) electrons. The Hall–Kier alpha value is -1.46. The summed E-state index contributed by atoms with van der Waals surface area (Å²) in [6, 6.07) is 1.78. The lowest BCUT2D eigenvalue weighted by Crippen LogP contribution is -2.40. The molecule has 5 nitrogen and oxygen atoms in total. The first-order valence-corrected chi connectivity index (χ1v) is 6.90. The normalized spacial score (nSPS) is 11.9. The van der Waals surface area contributed by atoms with Crippen LogP contribution in [0.3, 0.4) is 0 Å². The zero-order valence-corrected chi connectivity index (χ0v) is 12.5. The molecule has 110 valence electrons. The van der Waals surface area contributed by atoms with Gasteiger partial charge >= 0.3 is 5.97 Å². The third-order valence-corrected chi connectivity index (χ3v) is 3.42. The van der Waals surface area contributed by atoms with Gasteiger partial charge in [-0.25, -0.2) is 4.79 Å². The highest BCUT2D eigenvalue weighted by Crippen LogP contribution is 2.28.